The molecule has 1 amide bonds. The zero-order valence-corrected chi connectivity index (χ0v) is 8.37. The average molecular weight is 181 g/mol. The number of hydrogen-bond acceptors (Lipinski definition) is 3. The molecule has 0 unspecified atom stereocenters. The third-order valence-corrected chi connectivity index (χ3v) is 1.20. The first-order valence-corrected chi connectivity index (χ1v) is 3.81. The zero-order chi connectivity index (χ0) is 10.9. The molecule has 13 heavy (non-hydrogen) atoms. The quantitative estimate of drug-likeness (QED) is 0.449. The fourth-order valence-electron chi connectivity index (χ4n) is 0.477. The van der Waals surface area contributed by atoms with Gasteiger partial charge in [0.2, 0.25) is 0 Å². The lowest BCUT2D eigenvalue weighted by Crippen LogP contribution is -2.52. The Morgan fingerprint density at radius 3 is 2.00 bits per heavy atom. The summed E-state index contributed by atoms with van der Waals surface area (Å²) in [5.41, 5.74) is -2.83. The van der Waals surface area contributed by atoms with Gasteiger partial charge >= 0.3 is 6.09 Å². The van der Waals surface area contributed by atoms with Gasteiger partial charge in [-0.05, 0) is 20.8 Å². The van der Waals surface area contributed by atoms with Crippen LogP contribution in [0.5, 0.6) is 0 Å². The van der Waals surface area contributed by atoms with E-state index in [1.165, 1.54) is 7.05 Å². The van der Waals surface area contributed by atoms with Crippen LogP contribution in [-0.4, -0.2) is 50.0 Å². The molecule has 0 rings (SSSR count). The second-order valence-corrected chi connectivity index (χ2v) is 3.82. The molecule has 0 fully saturated rings. The molecule has 0 aromatic rings. The van der Waals surface area contributed by atoms with Gasteiger partial charge in [-0.2, -0.15) is 0 Å². The summed E-state index contributed by atoms with van der Waals surface area (Å²) in [4.78, 5) is 11.9. The maximum Gasteiger partial charge on any atom is 0.410 e. The second kappa shape index (κ2) is 3.62. The molecule has 0 bridgehead atoms. The summed E-state index contributed by atoms with van der Waals surface area (Å²) in [6.45, 7) is 5.10. The van der Waals surface area contributed by atoms with Crippen LogP contribution in [-0.2, 0) is 4.74 Å². The Morgan fingerprint density at radius 1 is 1.38 bits per heavy atom. The summed E-state index contributed by atoms with van der Waals surface area (Å²) < 4.78 is 4.89. The van der Waals surface area contributed by atoms with Gasteiger partial charge in [-0.1, -0.05) is 0 Å². The largest absolute Gasteiger partial charge is 0.444 e. The molecule has 0 aromatic heterocycles. The molecule has 6 heteroatoms. The smallest absolute Gasteiger partial charge is 0.410 e. The Balaban J connectivity index is 4.30. The van der Waals surface area contributed by atoms with Crippen molar-refractivity contribution in [3.8, 4) is 0 Å². The zero-order valence-electron chi connectivity index (χ0n) is 8.37. The van der Waals surface area contributed by atoms with E-state index in [2.05, 4.69) is 0 Å². The molecule has 0 aliphatic heterocycles. The third kappa shape index (κ3) is 4.83. The summed E-state index contributed by atoms with van der Waals surface area (Å²) >= 11 is 0. The van der Waals surface area contributed by atoms with Crippen LogP contribution in [0.4, 0.5) is 4.79 Å². The Bertz CT molecular complexity index is 195. The van der Waals surface area contributed by atoms with Crippen molar-refractivity contribution in [3.05, 3.63) is 0 Å². The monoisotopic (exact) mass is 181 g/mol. The van der Waals surface area contributed by atoms with Gasteiger partial charge < -0.3 is 14.7 Å². The Morgan fingerprint density at radius 2 is 1.77 bits per heavy atom. The minimum absolute atomic E-state index is 0.642. The summed E-state index contributed by atoms with van der Waals surface area (Å²) in [6.07, 6.45) is -0.778. The predicted octanol–water partition coefficient (Wildman–Crippen LogP) is -0.206. The van der Waals surface area contributed by atoms with Crippen molar-refractivity contribution in [1.82, 2.24) is 4.90 Å². The summed E-state index contributed by atoms with van der Waals surface area (Å²) in [6, 6.07) is 0. The average Bonchev–Trinajstić information content (AvgIpc) is 1.79. The second-order valence-electron chi connectivity index (χ2n) is 3.82. The van der Waals surface area contributed by atoms with Crippen molar-refractivity contribution >= 4 is 21.8 Å². The molecule has 0 spiro atoms. The Kier molecular flexibility index (Phi) is 3.44. The van der Waals surface area contributed by atoms with Crippen molar-refractivity contribution in [2.75, 3.05) is 7.05 Å². The van der Waals surface area contributed by atoms with Crippen LogP contribution in [0.2, 0.25) is 0 Å². The van der Waals surface area contributed by atoms with Crippen LogP contribution in [0.25, 0.3) is 0 Å². The van der Waals surface area contributed by atoms with Crippen LogP contribution in [0.3, 0.4) is 0 Å². The highest BCUT2D eigenvalue weighted by Crippen LogP contribution is 2.11. The van der Waals surface area contributed by atoms with Crippen molar-refractivity contribution < 1.29 is 14.6 Å². The molecule has 4 radical (unpaired) electrons. The minimum atomic E-state index is -2.19. The van der Waals surface area contributed by atoms with E-state index in [9.17, 15) is 4.79 Å². The van der Waals surface area contributed by atoms with Gasteiger partial charge in [-0.3, -0.25) is 0 Å². The molecule has 0 atom stereocenters. The van der Waals surface area contributed by atoms with Crippen LogP contribution < -0.4 is 0 Å². The molecule has 0 saturated carbocycles. The minimum Gasteiger partial charge on any atom is -0.444 e. The first-order valence-electron chi connectivity index (χ1n) is 3.81. The van der Waals surface area contributed by atoms with Gasteiger partial charge in [-0.15, -0.1) is 0 Å². The highest BCUT2D eigenvalue weighted by molar-refractivity contribution is 6.39. The summed E-state index contributed by atoms with van der Waals surface area (Å²) in [7, 11) is 11.4. The van der Waals surface area contributed by atoms with Crippen molar-refractivity contribution in [2.24, 2.45) is 0 Å². The van der Waals surface area contributed by atoms with Gasteiger partial charge in [-0.25, -0.2) is 4.79 Å². The maximum absolute atomic E-state index is 11.2. The molecule has 0 aromatic carbocycles. The number of hydrogen-bond donors (Lipinski definition) is 1. The number of amides is 1. The molecule has 0 saturated heterocycles. The number of nitrogens with zero attached hydrogens (tertiary/aromatic N) is 1. The normalized spacial score (nSPS) is 12.4. The van der Waals surface area contributed by atoms with E-state index in [1.807, 2.05) is 0 Å². The predicted molar refractivity (Wildman–Crippen MR) is 50.5 cm³/mol. The third-order valence-electron chi connectivity index (χ3n) is 1.20. The highest BCUT2D eigenvalue weighted by Gasteiger charge is 2.27. The van der Waals surface area contributed by atoms with E-state index >= 15 is 0 Å². The van der Waals surface area contributed by atoms with Crippen molar-refractivity contribution in [1.29, 1.82) is 0 Å². The van der Waals surface area contributed by atoms with Gasteiger partial charge in [0, 0.05) is 7.05 Å². The van der Waals surface area contributed by atoms with E-state index in [4.69, 9.17) is 25.5 Å². The topological polar surface area (TPSA) is 49.8 Å². The lowest BCUT2D eigenvalue weighted by molar-refractivity contribution is -0.00813. The first-order chi connectivity index (χ1) is 5.54. The van der Waals surface area contributed by atoms with Crippen molar-refractivity contribution in [2.45, 2.75) is 31.9 Å². The van der Waals surface area contributed by atoms with E-state index in [0.717, 1.165) is 0 Å². The summed E-state index contributed by atoms with van der Waals surface area (Å²) in [5, 5.41) is 9.03. The number of ether oxygens (including phenoxy) is 1. The fourth-order valence-corrected chi connectivity index (χ4v) is 0.477. The van der Waals surface area contributed by atoms with E-state index in [0.29, 0.717) is 4.90 Å². The molecule has 4 nitrogen and oxygen atoms in total. The summed E-state index contributed by atoms with van der Waals surface area (Å²) in [5.74, 6) is 0. The van der Waals surface area contributed by atoms with Crippen LogP contribution in [0.1, 0.15) is 20.8 Å². The molecule has 0 aliphatic carbocycles. The number of aliphatic hydroxyl groups is 1. The molecule has 1 N–H and O–H groups in total. The van der Waals surface area contributed by atoms with Crippen LogP contribution >= 0.6 is 0 Å². The molecule has 0 aliphatic rings. The number of rotatable bonds is 1. The van der Waals surface area contributed by atoms with E-state index < -0.39 is 17.2 Å². The number of carbonyl (C=O) groups is 1. The van der Waals surface area contributed by atoms with Crippen molar-refractivity contribution in [3.63, 3.8) is 0 Å². The van der Waals surface area contributed by atoms with E-state index in [-0.39, 0.29) is 0 Å². The molecule has 70 valence electrons. The van der Waals surface area contributed by atoms with E-state index in [1.54, 1.807) is 20.8 Å². The Hall–Kier alpha value is -0.640. The van der Waals surface area contributed by atoms with Crippen LogP contribution in [0.15, 0.2) is 0 Å². The van der Waals surface area contributed by atoms with Gasteiger partial charge in [0.15, 0.2) is 0 Å². The molecular formula is C7H13B2NO3. The van der Waals surface area contributed by atoms with Gasteiger partial charge in [0.25, 0.3) is 0 Å². The maximum atomic E-state index is 11.2. The Labute approximate surface area is 81.1 Å². The fraction of sp³-hybridized carbons (Fsp3) is 0.857. The molecule has 0 heterocycles. The highest BCUT2D eigenvalue weighted by atomic mass is 16.6. The number of carbonyl (C=O) groups excluding carboxylic acids is 1. The lowest BCUT2D eigenvalue weighted by Gasteiger charge is -2.33. The van der Waals surface area contributed by atoms with Gasteiger partial charge in [0.1, 0.15) is 21.3 Å². The first kappa shape index (κ1) is 12.4. The van der Waals surface area contributed by atoms with Crippen LogP contribution in [0, 0.1) is 0 Å². The standard InChI is InChI=1S/C7H13B2NO3/c1-6(2,3)13-5(11)10(4)7(8,9)12/h12H,1-4H3. The van der Waals surface area contributed by atoms with Gasteiger partial charge in [0.05, 0.1) is 5.52 Å². The SMILES string of the molecule is [B]C([B])(O)N(C)C(=O)OC(C)(C)C. The lowest BCUT2D eigenvalue weighted by atomic mass is 9.72. The molecular weight excluding hydrogens is 168 g/mol.